The molecule has 6 aromatic heterocycles. The molecule has 0 bridgehead atoms. The summed E-state index contributed by atoms with van der Waals surface area (Å²) in [6.45, 7) is 12.4. The summed E-state index contributed by atoms with van der Waals surface area (Å²) >= 11 is 5.45. The predicted molar refractivity (Wildman–Crippen MR) is 228 cm³/mol. The van der Waals surface area contributed by atoms with Crippen molar-refractivity contribution in [2.45, 2.75) is 88.7 Å². The summed E-state index contributed by atoms with van der Waals surface area (Å²) in [5, 5.41) is 12.8. The van der Waals surface area contributed by atoms with Gasteiger partial charge in [-0.25, -0.2) is 38.9 Å². The molecule has 4 fully saturated rings. The summed E-state index contributed by atoms with van der Waals surface area (Å²) in [7, 11) is 0. The fraction of sp³-hybridized carbons (Fsp3) is 0.571. The summed E-state index contributed by atoms with van der Waals surface area (Å²) in [4.78, 5) is 57.6. The molecular weight excluding hydrogens is 857 g/mol. The quantitative estimate of drug-likeness (QED) is 0.188. The van der Waals surface area contributed by atoms with Crippen LogP contribution >= 0.6 is 11.6 Å². The van der Waals surface area contributed by atoms with Crippen molar-refractivity contribution < 1.29 is 22.6 Å². The fourth-order valence-electron chi connectivity index (χ4n) is 8.67. The van der Waals surface area contributed by atoms with Gasteiger partial charge in [-0.15, -0.1) is 11.6 Å². The van der Waals surface area contributed by atoms with Gasteiger partial charge < -0.3 is 24.8 Å². The summed E-state index contributed by atoms with van der Waals surface area (Å²) in [6.07, 6.45) is 7.41. The van der Waals surface area contributed by atoms with E-state index >= 15 is 0 Å². The third-order valence-electron chi connectivity index (χ3n) is 12.3. The van der Waals surface area contributed by atoms with Crippen molar-refractivity contribution in [2.75, 3.05) is 52.6 Å². The number of likely N-dealkylation sites (tertiary alicyclic amines) is 1. The number of hydrogen-bond acceptors (Lipinski definition) is 14. The highest BCUT2D eigenvalue weighted by Gasteiger charge is 2.35. The second kappa shape index (κ2) is 19.9. The van der Waals surface area contributed by atoms with E-state index in [2.05, 4.69) is 63.9 Å². The minimum absolute atomic E-state index is 0.0403. The first-order valence-corrected chi connectivity index (χ1v) is 22.2. The van der Waals surface area contributed by atoms with Gasteiger partial charge >= 0.3 is 6.18 Å². The highest BCUT2D eigenvalue weighted by atomic mass is 35.5. The van der Waals surface area contributed by atoms with Gasteiger partial charge in [0.05, 0.1) is 30.4 Å². The molecule has 10 rings (SSSR count). The summed E-state index contributed by atoms with van der Waals surface area (Å²) in [5.41, 5.74) is 0.806. The molecular formula is C42H52ClF3N14O4. The molecule has 6 aromatic rings. The predicted octanol–water partition coefficient (Wildman–Crippen LogP) is 4.51. The van der Waals surface area contributed by atoms with Crippen LogP contribution < -0.4 is 16.4 Å². The number of nitrogens with zero attached hydrogens (tertiary/aromatic N) is 11. The molecule has 10 heterocycles. The van der Waals surface area contributed by atoms with E-state index < -0.39 is 11.7 Å². The monoisotopic (exact) mass is 908 g/mol. The van der Waals surface area contributed by atoms with Crippen LogP contribution in [-0.2, 0) is 28.1 Å². The van der Waals surface area contributed by atoms with Gasteiger partial charge in [-0.2, -0.15) is 23.4 Å². The molecule has 4 atom stereocenters. The number of H-pyrrole nitrogens is 2. The van der Waals surface area contributed by atoms with Crippen molar-refractivity contribution in [3.63, 3.8) is 0 Å². The van der Waals surface area contributed by atoms with Crippen LogP contribution in [0.5, 0.6) is 0 Å². The van der Waals surface area contributed by atoms with E-state index in [0.717, 1.165) is 87.4 Å². The van der Waals surface area contributed by atoms with Crippen molar-refractivity contribution >= 4 is 22.6 Å². The van der Waals surface area contributed by atoms with Crippen LogP contribution in [0.4, 0.5) is 13.2 Å². The zero-order valence-corrected chi connectivity index (χ0v) is 36.6. The van der Waals surface area contributed by atoms with Crippen LogP contribution in [0.1, 0.15) is 109 Å². The Morgan fingerprint density at radius 1 is 0.688 bits per heavy atom. The lowest BCUT2D eigenvalue weighted by Gasteiger charge is -2.21. The van der Waals surface area contributed by atoms with E-state index in [-0.39, 0.29) is 34.8 Å². The molecule has 0 spiro atoms. The topological polar surface area (TPSA) is 211 Å². The van der Waals surface area contributed by atoms with Crippen molar-refractivity contribution in [3.05, 3.63) is 104 Å². The first-order chi connectivity index (χ1) is 30.9. The number of aromatic nitrogens is 12. The van der Waals surface area contributed by atoms with E-state index in [0.29, 0.717) is 79.1 Å². The van der Waals surface area contributed by atoms with Crippen molar-refractivity contribution in [3.8, 4) is 0 Å². The Balaban J connectivity index is 0.000000154. The number of alkyl halides is 4. The molecule has 4 saturated heterocycles. The first-order valence-electron chi connectivity index (χ1n) is 21.6. The third kappa shape index (κ3) is 10.3. The molecule has 0 aliphatic carbocycles. The van der Waals surface area contributed by atoms with Crippen molar-refractivity contribution in [1.82, 2.24) is 69.3 Å². The average Bonchev–Trinajstić information content (AvgIpc) is 4.11. The molecule has 4 aliphatic rings. The number of ether oxygens (including phenoxy) is 2. The van der Waals surface area contributed by atoms with E-state index in [1.165, 1.54) is 0 Å². The SMILES string of the molecule is CC1CN(Cc2ncc(C(F)(F)F)cn2)CC1c1nn2c(C3CCOCC3)ncc2c(=O)[nH]1.CC1CNCC1c1nn2c(C3CCOCC3)ncc2c(=O)[nH]1.Cc1cnc(CCl)nc1. The molecule has 22 heteroatoms. The van der Waals surface area contributed by atoms with E-state index in [1.807, 2.05) is 6.92 Å². The lowest BCUT2D eigenvalue weighted by atomic mass is 9.97. The van der Waals surface area contributed by atoms with E-state index in [9.17, 15) is 22.8 Å². The Labute approximate surface area is 370 Å². The highest BCUT2D eigenvalue weighted by molar-refractivity contribution is 6.16. The Kier molecular flexibility index (Phi) is 14.1. The molecule has 0 saturated carbocycles. The molecule has 4 aliphatic heterocycles. The molecule has 0 aromatic carbocycles. The molecule has 3 N–H and O–H groups in total. The maximum absolute atomic E-state index is 12.7. The molecule has 64 heavy (non-hydrogen) atoms. The Morgan fingerprint density at radius 3 is 1.69 bits per heavy atom. The molecule has 0 radical (unpaired) electrons. The second-order valence-electron chi connectivity index (χ2n) is 17.0. The van der Waals surface area contributed by atoms with Crippen LogP contribution in [-0.4, -0.2) is 117 Å². The van der Waals surface area contributed by atoms with Crippen LogP contribution in [0.15, 0.2) is 46.8 Å². The molecule has 342 valence electrons. The van der Waals surface area contributed by atoms with Gasteiger partial charge in [0.2, 0.25) is 0 Å². The summed E-state index contributed by atoms with van der Waals surface area (Å²) in [5.74, 6) is 5.78. The normalized spacial score (nSPS) is 22.4. The fourth-order valence-corrected chi connectivity index (χ4v) is 8.81. The van der Waals surface area contributed by atoms with Crippen LogP contribution in [0.25, 0.3) is 11.0 Å². The Morgan fingerprint density at radius 2 is 1.20 bits per heavy atom. The number of halogens is 4. The second-order valence-corrected chi connectivity index (χ2v) is 17.3. The summed E-state index contributed by atoms with van der Waals surface area (Å²) in [6, 6.07) is 0. The van der Waals surface area contributed by atoms with Gasteiger partial charge in [0.25, 0.3) is 11.1 Å². The number of imidazole rings is 2. The minimum atomic E-state index is -4.46. The zero-order chi connectivity index (χ0) is 45.0. The third-order valence-corrected chi connectivity index (χ3v) is 12.6. The largest absolute Gasteiger partial charge is 0.419 e. The van der Waals surface area contributed by atoms with Gasteiger partial charge in [-0.05, 0) is 56.6 Å². The lowest BCUT2D eigenvalue weighted by Crippen LogP contribution is -2.24. The minimum Gasteiger partial charge on any atom is -0.381 e. The average molecular weight is 909 g/mol. The molecule has 18 nitrogen and oxygen atoms in total. The molecule has 4 unspecified atom stereocenters. The van der Waals surface area contributed by atoms with Gasteiger partial charge in [0.1, 0.15) is 34.9 Å². The zero-order valence-electron chi connectivity index (χ0n) is 35.9. The smallest absolute Gasteiger partial charge is 0.381 e. The van der Waals surface area contributed by atoms with Crippen LogP contribution in [0, 0.1) is 18.8 Å². The first kappa shape index (κ1) is 45.4. The van der Waals surface area contributed by atoms with Crippen LogP contribution in [0.3, 0.4) is 0 Å². The van der Waals surface area contributed by atoms with Gasteiger partial charge in [0.15, 0.2) is 11.0 Å². The lowest BCUT2D eigenvalue weighted by molar-refractivity contribution is -0.138. The number of nitrogens with one attached hydrogen (secondary N) is 3. The van der Waals surface area contributed by atoms with Gasteiger partial charge in [-0.3, -0.25) is 14.5 Å². The maximum atomic E-state index is 12.7. The molecule has 0 amide bonds. The highest BCUT2D eigenvalue weighted by Crippen LogP contribution is 2.33. The number of hydrogen-bond donors (Lipinski definition) is 3. The Bertz CT molecular complexity index is 2610. The Hall–Kier alpha value is -5.22. The number of aromatic amines is 2. The number of aryl methyl sites for hydroxylation is 1. The maximum Gasteiger partial charge on any atom is 0.419 e. The van der Waals surface area contributed by atoms with Gasteiger partial charge in [-0.1, -0.05) is 13.8 Å². The standard InChI is InChI=1S/C21H24F3N7O2.C15H21N5O2.C6H7ClN2/c1-12-9-30(11-17-25-6-14(7-26-17)21(22,23)24)10-15(12)18-28-20(32)16-8-27-19(31(16)29-18)13-2-4-33-5-3-13;1-9-6-16-7-11(9)13-18-15(21)12-8-17-14(20(12)19-13)10-2-4-22-5-3-10;1-5-3-8-6(2-7)9-4-5/h6-8,12-13,15H,2-5,9-11H2,1H3,(H,28,29,32);8-11,16H,2-7H2,1H3,(H,18,19,21);3-4H,2H2,1H3. The van der Waals surface area contributed by atoms with E-state index in [1.54, 1.807) is 33.8 Å². The van der Waals surface area contributed by atoms with Crippen molar-refractivity contribution in [1.29, 1.82) is 0 Å². The van der Waals surface area contributed by atoms with E-state index in [4.69, 9.17) is 31.3 Å². The van der Waals surface area contributed by atoms with Crippen LogP contribution in [0.2, 0.25) is 0 Å². The number of fused-ring (bicyclic) bond motifs is 2. The number of rotatable bonds is 7. The summed E-state index contributed by atoms with van der Waals surface area (Å²) < 4.78 is 52.5. The van der Waals surface area contributed by atoms with Crippen molar-refractivity contribution in [2.24, 2.45) is 11.8 Å². The van der Waals surface area contributed by atoms with Gasteiger partial charge in [0, 0.05) is 94.5 Å².